The van der Waals surface area contributed by atoms with Gasteiger partial charge in [-0.05, 0) is 45.0 Å². The second-order valence-electron chi connectivity index (χ2n) is 4.80. The molecule has 0 bridgehead atoms. The number of rotatable bonds is 4. The van der Waals surface area contributed by atoms with Crippen LogP contribution in [0.4, 0.5) is 11.5 Å². The fourth-order valence-corrected chi connectivity index (χ4v) is 2.29. The van der Waals surface area contributed by atoms with Gasteiger partial charge in [0.2, 0.25) is 0 Å². The first-order valence-electron chi connectivity index (χ1n) is 6.34. The first-order valence-corrected chi connectivity index (χ1v) is 6.34. The Labute approximate surface area is 108 Å². The number of likely N-dealkylation sites (tertiary alicyclic amines) is 1. The fraction of sp³-hybridized carbons (Fsp3) is 0.538. The molecule has 0 saturated carbocycles. The minimum atomic E-state index is 0.286. The molecule has 1 aliphatic heterocycles. The van der Waals surface area contributed by atoms with Gasteiger partial charge in [0.25, 0.3) is 0 Å². The van der Waals surface area contributed by atoms with Gasteiger partial charge < -0.3 is 16.0 Å². The van der Waals surface area contributed by atoms with Crippen LogP contribution < -0.4 is 11.1 Å². The molecule has 1 saturated heterocycles. The van der Waals surface area contributed by atoms with Crippen molar-refractivity contribution in [1.82, 2.24) is 9.88 Å². The molecule has 96 valence electrons. The Morgan fingerprint density at radius 2 is 2.22 bits per heavy atom. The van der Waals surface area contributed by atoms with Gasteiger partial charge in [-0.2, -0.15) is 5.26 Å². The van der Waals surface area contributed by atoms with E-state index in [0.29, 0.717) is 17.5 Å². The summed E-state index contributed by atoms with van der Waals surface area (Å²) in [6.07, 6.45) is 2.59. The summed E-state index contributed by atoms with van der Waals surface area (Å²) in [6.45, 7) is 5.51. The van der Waals surface area contributed by atoms with Crippen LogP contribution in [0.25, 0.3) is 0 Å². The Kier molecular flexibility index (Phi) is 4.00. The molecule has 18 heavy (non-hydrogen) atoms. The number of nitrogens with one attached hydrogen (secondary N) is 1. The maximum absolute atomic E-state index is 8.88. The average molecular weight is 245 g/mol. The van der Waals surface area contributed by atoms with Gasteiger partial charge in [-0.3, -0.25) is 0 Å². The largest absolute Gasteiger partial charge is 0.396 e. The Morgan fingerprint density at radius 3 is 2.89 bits per heavy atom. The summed E-state index contributed by atoms with van der Waals surface area (Å²) in [5.74, 6) is 0.715. The number of nitriles is 1. The minimum Gasteiger partial charge on any atom is -0.396 e. The topological polar surface area (TPSA) is 78.0 Å². The smallest absolute Gasteiger partial charge is 0.165 e. The number of hydrogen-bond acceptors (Lipinski definition) is 5. The number of nitrogen functional groups attached to an aromatic ring is 1. The number of nitrogens with zero attached hydrogens (tertiary/aromatic N) is 3. The summed E-state index contributed by atoms with van der Waals surface area (Å²) in [5.41, 5.74) is 6.35. The predicted octanol–water partition coefficient (Wildman–Crippen LogP) is 1.43. The molecule has 1 aliphatic rings. The molecular weight excluding hydrogens is 226 g/mol. The van der Waals surface area contributed by atoms with E-state index in [2.05, 4.69) is 22.1 Å². The molecule has 1 aromatic heterocycles. The Balaban J connectivity index is 1.94. The predicted molar refractivity (Wildman–Crippen MR) is 72.1 cm³/mol. The minimum absolute atomic E-state index is 0.286. The van der Waals surface area contributed by atoms with Gasteiger partial charge >= 0.3 is 0 Å². The van der Waals surface area contributed by atoms with Crippen molar-refractivity contribution in [3.8, 4) is 6.07 Å². The molecule has 5 nitrogen and oxygen atoms in total. The molecule has 1 aromatic rings. The number of pyridine rings is 1. The zero-order valence-corrected chi connectivity index (χ0v) is 10.7. The Morgan fingerprint density at radius 1 is 1.50 bits per heavy atom. The normalized spacial score (nSPS) is 17.3. The van der Waals surface area contributed by atoms with Crippen LogP contribution in [-0.2, 0) is 0 Å². The van der Waals surface area contributed by atoms with Crippen molar-refractivity contribution in [2.75, 3.05) is 30.7 Å². The molecule has 0 aliphatic carbocycles. The molecule has 0 amide bonds. The van der Waals surface area contributed by atoms with Crippen molar-refractivity contribution in [3.63, 3.8) is 0 Å². The molecular formula is C13H19N5. The van der Waals surface area contributed by atoms with Crippen molar-refractivity contribution in [2.45, 2.75) is 25.8 Å². The van der Waals surface area contributed by atoms with Gasteiger partial charge in [-0.25, -0.2) is 4.98 Å². The summed E-state index contributed by atoms with van der Waals surface area (Å²) in [7, 11) is 0. The first kappa shape index (κ1) is 12.7. The SMILES string of the molecule is CC(CN1CCCC1)Nc1ccc(N)c(C#N)n1. The Hall–Kier alpha value is -1.80. The van der Waals surface area contributed by atoms with Crippen LogP contribution in [0.1, 0.15) is 25.5 Å². The third-order valence-electron chi connectivity index (χ3n) is 3.16. The fourth-order valence-electron chi connectivity index (χ4n) is 2.29. The van der Waals surface area contributed by atoms with Gasteiger partial charge in [-0.1, -0.05) is 0 Å². The highest BCUT2D eigenvalue weighted by Crippen LogP contribution is 2.14. The van der Waals surface area contributed by atoms with Crippen LogP contribution in [0.3, 0.4) is 0 Å². The summed E-state index contributed by atoms with van der Waals surface area (Å²) in [5, 5.41) is 12.2. The van der Waals surface area contributed by atoms with Gasteiger partial charge in [0.1, 0.15) is 11.9 Å². The molecule has 1 fully saturated rings. The van der Waals surface area contributed by atoms with Crippen LogP contribution in [0.5, 0.6) is 0 Å². The van der Waals surface area contributed by atoms with Crippen molar-refractivity contribution in [1.29, 1.82) is 5.26 Å². The summed E-state index contributed by atoms with van der Waals surface area (Å²) < 4.78 is 0. The summed E-state index contributed by atoms with van der Waals surface area (Å²) in [6, 6.07) is 5.84. The van der Waals surface area contributed by atoms with E-state index in [0.717, 1.165) is 6.54 Å². The van der Waals surface area contributed by atoms with Crippen molar-refractivity contribution in [2.24, 2.45) is 0 Å². The molecule has 0 spiro atoms. The quantitative estimate of drug-likeness (QED) is 0.839. The molecule has 0 aromatic carbocycles. The monoisotopic (exact) mass is 245 g/mol. The summed E-state index contributed by atoms with van der Waals surface area (Å²) in [4.78, 5) is 6.63. The third kappa shape index (κ3) is 3.11. The molecule has 2 rings (SSSR count). The van der Waals surface area contributed by atoms with E-state index in [1.165, 1.54) is 25.9 Å². The van der Waals surface area contributed by atoms with E-state index in [-0.39, 0.29) is 5.69 Å². The maximum Gasteiger partial charge on any atom is 0.165 e. The molecule has 1 unspecified atom stereocenters. The zero-order chi connectivity index (χ0) is 13.0. The molecule has 2 heterocycles. The van der Waals surface area contributed by atoms with E-state index in [1.54, 1.807) is 6.07 Å². The third-order valence-corrected chi connectivity index (χ3v) is 3.16. The lowest BCUT2D eigenvalue weighted by atomic mass is 10.3. The lowest BCUT2D eigenvalue weighted by Gasteiger charge is -2.21. The van der Waals surface area contributed by atoms with Crippen LogP contribution in [-0.4, -0.2) is 35.6 Å². The van der Waals surface area contributed by atoms with E-state index in [1.807, 2.05) is 12.1 Å². The van der Waals surface area contributed by atoms with Crippen LogP contribution in [0, 0.1) is 11.3 Å². The number of anilines is 2. The summed E-state index contributed by atoms with van der Waals surface area (Å²) >= 11 is 0. The average Bonchev–Trinajstić information content (AvgIpc) is 2.84. The van der Waals surface area contributed by atoms with E-state index in [9.17, 15) is 0 Å². The lowest BCUT2D eigenvalue weighted by molar-refractivity contribution is 0.327. The Bertz CT molecular complexity index is 445. The van der Waals surface area contributed by atoms with E-state index in [4.69, 9.17) is 11.0 Å². The molecule has 1 atom stereocenters. The molecule has 3 N–H and O–H groups in total. The van der Waals surface area contributed by atoms with Crippen molar-refractivity contribution < 1.29 is 0 Å². The second-order valence-corrected chi connectivity index (χ2v) is 4.80. The van der Waals surface area contributed by atoms with Gasteiger partial charge in [-0.15, -0.1) is 0 Å². The zero-order valence-electron chi connectivity index (χ0n) is 10.7. The number of aromatic nitrogens is 1. The van der Waals surface area contributed by atoms with E-state index < -0.39 is 0 Å². The maximum atomic E-state index is 8.88. The number of nitrogens with two attached hydrogens (primary N) is 1. The van der Waals surface area contributed by atoms with Crippen molar-refractivity contribution >= 4 is 11.5 Å². The highest BCUT2D eigenvalue weighted by Gasteiger charge is 2.14. The van der Waals surface area contributed by atoms with Gasteiger partial charge in [0, 0.05) is 12.6 Å². The molecule has 0 radical (unpaired) electrons. The molecule has 5 heteroatoms. The van der Waals surface area contributed by atoms with Crippen LogP contribution in [0.2, 0.25) is 0 Å². The van der Waals surface area contributed by atoms with Gasteiger partial charge in [0.05, 0.1) is 5.69 Å². The van der Waals surface area contributed by atoms with Crippen LogP contribution in [0.15, 0.2) is 12.1 Å². The first-order chi connectivity index (χ1) is 8.69. The highest BCUT2D eigenvalue weighted by atomic mass is 15.2. The second kappa shape index (κ2) is 5.69. The van der Waals surface area contributed by atoms with Crippen LogP contribution >= 0.6 is 0 Å². The lowest BCUT2D eigenvalue weighted by Crippen LogP contribution is -2.33. The standard InChI is InChI=1S/C13H19N5/c1-10(9-18-6-2-3-7-18)16-13-5-4-11(15)12(8-14)17-13/h4-5,10H,2-3,6-7,9,15H2,1H3,(H,16,17). The van der Waals surface area contributed by atoms with Gasteiger partial charge in [0.15, 0.2) is 5.69 Å². The van der Waals surface area contributed by atoms with Crippen molar-refractivity contribution in [3.05, 3.63) is 17.8 Å². The highest BCUT2D eigenvalue weighted by molar-refractivity contribution is 5.54. The van der Waals surface area contributed by atoms with E-state index >= 15 is 0 Å². The number of hydrogen-bond donors (Lipinski definition) is 2.